The Morgan fingerprint density at radius 3 is 2.62 bits per heavy atom. The van der Waals surface area contributed by atoms with Gasteiger partial charge in [-0.15, -0.1) is 11.3 Å². The Labute approximate surface area is 130 Å². The Kier molecular flexibility index (Phi) is 4.93. The van der Waals surface area contributed by atoms with E-state index in [4.69, 9.17) is 16.7 Å². The van der Waals surface area contributed by atoms with Gasteiger partial charge < -0.3 is 10.4 Å². The highest BCUT2D eigenvalue weighted by atomic mass is 35.5. The molecular weight excluding hydrogens is 312 g/mol. The predicted octanol–water partition coefficient (Wildman–Crippen LogP) is 3.06. The SMILES string of the molecule is CCC(NC(=O)c1csc(-c2ccc(Cl)cc2)n1)C(=O)O. The van der Waals surface area contributed by atoms with Crippen LogP contribution in [0.1, 0.15) is 23.8 Å². The Morgan fingerprint density at radius 2 is 2.05 bits per heavy atom. The van der Waals surface area contributed by atoms with Gasteiger partial charge >= 0.3 is 5.97 Å². The summed E-state index contributed by atoms with van der Waals surface area (Å²) in [6.07, 6.45) is 0.315. The van der Waals surface area contributed by atoms with Crippen molar-refractivity contribution in [1.82, 2.24) is 10.3 Å². The van der Waals surface area contributed by atoms with E-state index in [1.807, 2.05) is 12.1 Å². The molecule has 0 aliphatic heterocycles. The summed E-state index contributed by atoms with van der Waals surface area (Å²) in [6.45, 7) is 1.69. The van der Waals surface area contributed by atoms with Crippen molar-refractivity contribution >= 4 is 34.8 Å². The van der Waals surface area contributed by atoms with Gasteiger partial charge in [0.25, 0.3) is 5.91 Å². The van der Waals surface area contributed by atoms with Crippen molar-refractivity contribution in [1.29, 1.82) is 0 Å². The Morgan fingerprint density at radius 1 is 1.38 bits per heavy atom. The molecule has 0 radical (unpaired) electrons. The monoisotopic (exact) mass is 324 g/mol. The van der Waals surface area contributed by atoms with Crippen LogP contribution >= 0.6 is 22.9 Å². The lowest BCUT2D eigenvalue weighted by Crippen LogP contribution is -2.40. The van der Waals surface area contributed by atoms with E-state index in [1.165, 1.54) is 11.3 Å². The number of amides is 1. The van der Waals surface area contributed by atoms with E-state index in [-0.39, 0.29) is 5.69 Å². The molecule has 110 valence electrons. The zero-order valence-corrected chi connectivity index (χ0v) is 12.7. The van der Waals surface area contributed by atoms with Gasteiger partial charge in [0.1, 0.15) is 16.7 Å². The van der Waals surface area contributed by atoms with Gasteiger partial charge in [0.15, 0.2) is 0 Å². The number of rotatable bonds is 5. The number of hydrogen-bond donors (Lipinski definition) is 2. The Bertz CT molecular complexity index is 654. The molecule has 2 aromatic rings. The summed E-state index contributed by atoms with van der Waals surface area (Å²) in [5, 5.41) is 14.3. The molecule has 1 aromatic carbocycles. The maximum atomic E-state index is 12.0. The van der Waals surface area contributed by atoms with Gasteiger partial charge in [-0.3, -0.25) is 4.79 Å². The van der Waals surface area contributed by atoms with E-state index in [2.05, 4.69) is 10.3 Å². The highest BCUT2D eigenvalue weighted by Gasteiger charge is 2.20. The quantitative estimate of drug-likeness (QED) is 0.886. The minimum Gasteiger partial charge on any atom is -0.480 e. The van der Waals surface area contributed by atoms with Crippen LogP contribution in [0.4, 0.5) is 0 Å². The molecule has 1 unspecified atom stereocenters. The van der Waals surface area contributed by atoms with E-state index < -0.39 is 17.9 Å². The number of carbonyl (C=O) groups excluding carboxylic acids is 1. The van der Waals surface area contributed by atoms with Crippen LogP contribution in [-0.4, -0.2) is 28.0 Å². The standard InChI is InChI=1S/C14H13ClN2O3S/c1-2-10(14(19)20)16-12(18)11-7-21-13(17-11)8-3-5-9(15)6-4-8/h3-7,10H,2H2,1H3,(H,16,18)(H,19,20). The number of thiazole rings is 1. The van der Waals surface area contributed by atoms with Crippen LogP contribution < -0.4 is 5.32 Å². The number of benzene rings is 1. The average molecular weight is 325 g/mol. The van der Waals surface area contributed by atoms with E-state index in [0.29, 0.717) is 16.5 Å². The Hall–Kier alpha value is -1.92. The zero-order chi connectivity index (χ0) is 15.4. The van der Waals surface area contributed by atoms with Gasteiger partial charge in [0.05, 0.1) is 0 Å². The van der Waals surface area contributed by atoms with Gasteiger partial charge in [-0.1, -0.05) is 30.7 Å². The van der Waals surface area contributed by atoms with Crippen LogP contribution in [0.5, 0.6) is 0 Å². The molecule has 0 spiro atoms. The average Bonchev–Trinajstić information content (AvgIpc) is 2.94. The molecule has 0 bridgehead atoms. The van der Waals surface area contributed by atoms with E-state index in [9.17, 15) is 9.59 Å². The van der Waals surface area contributed by atoms with Gasteiger partial charge in [-0.2, -0.15) is 0 Å². The summed E-state index contributed by atoms with van der Waals surface area (Å²) in [5.74, 6) is -1.54. The summed E-state index contributed by atoms with van der Waals surface area (Å²) in [6, 6.07) is 6.22. The second-order valence-corrected chi connectivity index (χ2v) is 5.61. The minimum atomic E-state index is -1.06. The predicted molar refractivity (Wildman–Crippen MR) is 81.7 cm³/mol. The second kappa shape index (κ2) is 6.69. The zero-order valence-electron chi connectivity index (χ0n) is 11.2. The highest BCUT2D eigenvalue weighted by Crippen LogP contribution is 2.25. The summed E-state index contributed by atoms with van der Waals surface area (Å²) >= 11 is 7.14. The topological polar surface area (TPSA) is 79.3 Å². The summed E-state index contributed by atoms with van der Waals surface area (Å²) in [7, 11) is 0. The molecular formula is C14H13ClN2O3S. The normalized spacial score (nSPS) is 11.9. The van der Waals surface area contributed by atoms with E-state index in [0.717, 1.165) is 5.56 Å². The first-order valence-corrected chi connectivity index (χ1v) is 7.52. The molecule has 2 rings (SSSR count). The highest BCUT2D eigenvalue weighted by molar-refractivity contribution is 7.13. The summed E-state index contributed by atoms with van der Waals surface area (Å²) in [4.78, 5) is 27.1. The molecule has 0 fully saturated rings. The molecule has 5 nitrogen and oxygen atoms in total. The van der Waals surface area contributed by atoms with Crippen LogP contribution in [0.25, 0.3) is 10.6 Å². The smallest absolute Gasteiger partial charge is 0.326 e. The first-order chi connectivity index (χ1) is 10.0. The second-order valence-electron chi connectivity index (χ2n) is 4.32. The third-order valence-electron chi connectivity index (χ3n) is 2.84. The maximum absolute atomic E-state index is 12.0. The molecule has 0 aliphatic carbocycles. The van der Waals surface area contributed by atoms with Gasteiger partial charge in [-0.25, -0.2) is 9.78 Å². The number of aromatic nitrogens is 1. The van der Waals surface area contributed by atoms with Gasteiger partial charge in [-0.05, 0) is 18.6 Å². The number of nitrogens with one attached hydrogen (secondary N) is 1. The molecule has 21 heavy (non-hydrogen) atoms. The fraction of sp³-hybridized carbons (Fsp3) is 0.214. The molecule has 0 saturated carbocycles. The third-order valence-corrected chi connectivity index (χ3v) is 3.98. The molecule has 1 atom stereocenters. The van der Waals surface area contributed by atoms with Crippen LogP contribution in [0.15, 0.2) is 29.6 Å². The summed E-state index contributed by atoms with van der Waals surface area (Å²) < 4.78 is 0. The van der Waals surface area contributed by atoms with Crippen molar-refractivity contribution in [3.63, 3.8) is 0 Å². The molecule has 7 heteroatoms. The molecule has 2 N–H and O–H groups in total. The lowest BCUT2D eigenvalue weighted by Gasteiger charge is -2.10. The first-order valence-electron chi connectivity index (χ1n) is 6.26. The third kappa shape index (κ3) is 3.80. The number of hydrogen-bond acceptors (Lipinski definition) is 4. The number of halogens is 1. The van der Waals surface area contributed by atoms with E-state index in [1.54, 1.807) is 24.4 Å². The largest absolute Gasteiger partial charge is 0.480 e. The Balaban J connectivity index is 2.14. The molecule has 1 amide bonds. The lowest BCUT2D eigenvalue weighted by molar-refractivity contribution is -0.139. The van der Waals surface area contributed by atoms with Crippen LogP contribution in [-0.2, 0) is 4.79 Å². The first kappa shape index (κ1) is 15.5. The lowest BCUT2D eigenvalue weighted by atomic mass is 10.2. The molecule has 0 saturated heterocycles. The van der Waals surface area contributed by atoms with Crippen LogP contribution in [0.2, 0.25) is 5.02 Å². The van der Waals surface area contributed by atoms with Crippen molar-refractivity contribution < 1.29 is 14.7 Å². The number of aliphatic carboxylic acids is 1. The fourth-order valence-corrected chi connectivity index (χ4v) is 2.61. The van der Waals surface area contributed by atoms with Gasteiger partial charge in [0, 0.05) is 16.0 Å². The number of carboxylic acids is 1. The van der Waals surface area contributed by atoms with Crippen molar-refractivity contribution in [3.8, 4) is 10.6 Å². The van der Waals surface area contributed by atoms with Crippen molar-refractivity contribution in [2.75, 3.05) is 0 Å². The van der Waals surface area contributed by atoms with Crippen LogP contribution in [0, 0.1) is 0 Å². The molecule has 0 aliphatic rings. The number of carbonyl (C=O) groups is 2. The van der Waals surface area contributed by atoms with Gasteiger partial charge in [0.2, 0.25) is 0 Å². The molecule has 1 heterocycles. The minimum absolute atomic E-state index is 0.213. The van der Waals surface area contributed by atoms with Crippen molar-refractivity contribution in [2.45, 2.75) is 19.4 Å². The van der Waals surface area contributed by atoms with E-state index >= 15 is 0 Å². The summed E-state index contributed by atoms with van der Waals surface area (Å²) in [5.41, 5.74) is 1.07. The number of nitrogens with zero attached hydrogens (tertiary/aromatic N) is 1. The number of carboxylic acid groups (broad SMARTS) is 1. The molecule has 1 aromatic heterocycles. The fourth-order valence-electron chi connectivity index (χ4n) is 1.67. The van der Waals surface area contributed by atoms with Crippen molar-refractivity contribution in [2.24, 2.45) is 0 Å². The van der Waals surface area contributed by atoms with Crippen molar-refractivity contribution in [3.05, 3.63) is 40.4 Å². The maximum Gasteiger partial charge on any atom is 0.326 e. The van der Waals surface area contributed by atoms with Crippen LogP contribution in [0.3, 0.4) is 0 Å².